The number of amides is 8. The molecule has 11 N–H and O–H groups in total. The number of carbonyl (C=O) groups is 8. The second-order valence-electron chi connectivity index (χ2n) is 15.0. The number of ether oxygens (including phenoxy) is 2. The van der Waals surface area contributed by atoms with Crippen LogP contribution in [0.15, 0.2) is 60.7 Å². The van der Waals surface area contributed by atoms with E-state index < -0.39 is 103 Å². The third kappa shape index (κ3) is 20.3. The van der Waals surface area contributed by atoms with Crippen LogP contribution in [0, 0.1) is 0 Å². The van der Waals surface area contributed by atoms with E-state index in [2.05, 4.69) is 31.9 Å². The fourth-order valence-corrected chi connectivity index (χ4v) is 6.16. The van der Waals surface area contributed by atoms with Crippen LogP contribution in [0.1, 0.15) is 103 Å². The molecule has 0 bridgehead atoms. The smallest absolute Gasteiger partial charge is 0.408 e. The van der Waals surface area contributed by atoms with E-state index >= 15 is 0 Å². The molecule has 2 aromatic rings. The van der Waals surface area contributed by atoms with Gasteiger partial charge in [-0.2, -0.15) is 0 Å². The summed E-state index contributed by atoms with van der Waals surface area (Å²) in [5.41, 5.74) is 12.3. The number of nitrogens with one attached hydrogen (secondary N) is 6. The Morgan fingerprint density at radius 3 is 1.21 bits per heavy atom. The van der Waals surface area contributed by atoms with Crippen LogP contribution in [-0.4, -0.2) is 95.1 Å². The van der Waals surface area contributed by atoms with Gasteiger partial charge in [-0.25, -0.2) is 9.59 Å². The van der Waals surface area contributed by atoms with Crippen LogP contribution in [0.3, 0.4) is 0 Å². The lowest BCUT2D eigenvalue weighted by molar-refractivity contribution is -0.133. The summed E-state index contributed by atoms with van der Waals surface area (Å²) >= 11 is 0. The second kappa shape index (κ2) is 28.3. The van der Waals surface area contributed by atoms with Crippen LogP contribution in [-0.2, 0) is 51.5 Å². The number of aliphatic hydroxyl groups excluding tert-OH is 1. The number of primary amides is 2. The van der Waals surface area contributed by atoms with Gasteiger partial charge in [0.2, 0.25) is 35.4 Å². The van der Waals surface area contributed by atoms with Crippen molar-refractivity contribution in [1.29, 1.82) is 0 Å². The number of benzene rings is 2. The molecule has 62 heavy (non-hydrogen) atoms. The molecular weight excluding hydrogens is 805 g/mol. The molecule has 342 valence electrons. The summed E-state index contributed by atoms with van der Waals surface area (Å²) in [6.07, 6.45) is 0.0280. The van der Waals surface area contributed by atoms with Gasteiger partial charge < -0.3 is 57.9 Å². The van der Waals surface area contributed by atoms with E-state index in [-0.39, 0.29) is 26.1 Å². The predicted molar refractivity (Wildman–Crippen MR) is 228 cm³/mol. The molecule has 0 aliphatic carbocycles. The van der Waals surface area contributed by atoms with Crippen molar-refractivity contribution in [3.05, 3.63) is 71.8 Å². The maximum atomic E-state index is 13.8. The van der Waals surface area contributed by atoms with Gasteiger partial charge in [0.1, 0.15) is 37.4 Å². The summed E-state index contributed by atoms with van der Waals surface area (Å²) in [5.74, 6) is -5.22. The largest absolute Gasteiger partial charge is 0.445 e. The number of rotatable bonds is 28. The van der Waals surface area contributed by atoms with Crippen molar-refractivity contribution >= 4 is 47.6 Å². The Kier molecular flexibility index (Phi) is 23.7. The number of aliphatic hydroxyl groups is 1. The Morgan fingerprint density at radius 1 is 0.532 bits per heavy atom. The topological polar surface area (TPSA) is 299 Å². The monoisotopic (exact) mass is 868 g/mol. The van der Waals surface area contributed by atoms with Gasteiger partial charge in [0, 0.05) is 0 Å². The highest BCUT2D eigenvalue weighted by Crippen LogP contribution is 2.16. The highest BCUT2D eigenvalue weighted by Gasteiger charge is 2.35. The molecule has 2 aromatic carbocycles. The number of alkyl carbamates (subject to hydrolysis) is 2. The fourth-order valence-electron chi connectivity index (χ4n) is 6.16. The number of hydrogen-bond donors (Lipinski definition) is 9. The number of unbranched alkanes of at least 4 members (excludes halogenated alkanes) is 4. The molecule has 0 spiro atoms. The lowest BCUT2D eigenvalue weighted by Gasteiger charge is -2.33. The molecule has 0 saturated heterocycles. The van der Waals surface area contributed by atoms with Crippen molar-refractivity contribution in [3.8, 4) is 0 Å². The van der Waals surface area contributed by atoms with Crippen LogP contribution < -0.4 is 43.4 Å². The van der Waals surface area contributed by atoms with Crippen molar-refractivity contribution in [2.24, 2.45) is 11.5 Å². The zero-order valence-electron chi connectivity index (χ0n) is 36.0. The first-order chi connectivity index (χ1) is 29.5. The molecule has 19 heteroatoms. The first-order valence-corrected chi connectivity index (χ1v) is 20.9. The average Bonchev–Trinajstić information content (AvgIpc) is 3.23. The quantitative estimate of drug-likeness (QED) is 0.0556. The Balaban J connectivity index is 2.21. The maximum Gasteiger partial charge on any atom is 0.408 e. The van der Waals surface area contributed by atoms with Crippen LogP contribution in [0.25, 0.3) is 0 Å². The van der Waals surface area contributed by atoms with E-state index in [4.69, 9.17) is 20.9 Å². The van der Waals surface area contributed by atoms with Crippen LogP contribution in [0.2, 0.25) is 0 Å². The molecule has 0 aromatic heterocycles. The van der Waals surface area contributed by atoms with Crippen molar-refractivity contribution in [1.82, 2.24) is 31.9 Å². The molecule has 2 rings (SSSR count). The molecule has 8 amide bonds. The van der Waals surface area contributed by atoms with Crippen molar-refractivity contribution in [2.45, 2.75) is 147 Å². The molecule has 0 fully saturated rings. The molecule has 0 radical (unpaired) electrons. The molecule has 19 nitrogen and oxygen atoms in total. The first-order valence-electron chi connectivity index (χ1n) is 20.9. The van der Waals surface area contributed by atoms with Gasteiger partial charge in [-0.3, -0.25) is 28.8 Å². The Bertz CT molecular complexity index is 1630. The maximum absolute atomic E-state index is 13.8. The molecule has 2 unspecified atom stereocenters. The van der Waals surface area contributed by atoms with Crippen molar-refractivity contribution in [2.75, 3.05) is 0 Å². The average molecular weight is 869 g/mol. The van der Waals surface area contributed by atoms with Gasteiger partial charge in [-0.15, -0.1) is 0 Å². The van der Waals surface area contributed by atoms with E-state index in [1.807, 2.05) is 13.8 Å². The first kappa shape index (κ1) is 51.9. The summed E-state index contributed by atoms with van der Waals surface area (Å²) in [5, 5.41) is 27.0. The molecule has 0 saturated carbocycles. The van der Waals surface area contributed by atoms with Crippen molar-refractivity contribution < 1.29 is 52.9 Å². The van der Waals surface area contributed by atoms with Gasteiger partial charge in [-0.05, 0) is 37.8 Å². The van der Waals surface area contributed by atoms with Gasteiger partial charge in [0.25, 0.3) is 0 Å². The highest BCUT2D eigenvalue weighted by molar-refractivity contribution is 5.95. The Hall–Kier alpha value is -6.24. The van der Waals surface area contributed by atoms with E-state index in [0.717, 1.165) is 36.8 Å². The molecule has 0 aliphatic rings. The SMILES string of the molecule is CCCCCC(NC(=O)[C@H](CC(N)=O)NC(=O)[C@H](C)NC(=O)OCc1ccccc1)C(O)C(CCCCC)NC(=O)[C@H](CC(N)=O)NC(=O)[C@H](C)NC(=O)OCc1ccccc1. The summed E-state index contributed by atoms with van der Waals surface area (Å²) in [6, 6.07) is 10.2. The highest BCUT2D eigenvalue weighted by atomic mass is 16.6. The van der Waals surface area contributed by atoms with Crippen molar-refractivity contribution in [3.63, 3.8) is 0 Å². The molecule has 0 heterocycles. The standard InChI is InChI=1S/C43H64N8O11/c1-5-7-11-21-31(48-40(57)33(23-35(44)52)50-38(55)27(3)46-42(59)61-25-29-17-13-9-14-18-29)37(54)32(22-12-8-6-2)49-41(58)34(24-36(45)53)51-39(56)28(4)47-43(60)62-26-30-19-15-10-16-20-30/h9-10,13-20,27-28,31-34,37,54H,5-8,11-12,21-26H2,1-4H3,(H2,44,52)(H2,45,53)(H,46,59)(H,47,60)(H,48,57)(H,49,58)(H,50,55)(H,51,56)/t27-,28-,31?,32?,33-,34-,37?/m0/s1. The minimum Gasteiger partial charge on any atom is -0.445 e. The van der Waals surface area contributed by atoms with E-state index in [1.54, 1.807) is 60.7 Å². The summed E-state index contributed by atoms with van der Waals surface area (Å²) in [6.45, 7) is 6.51. The van der Waals surface area contributed by atoms with Crippen LogP contribution in [0.4, 0.5) is 9.59 Å². The normalized spacial score (nSPS) is 14.2. The Labute approximate surface area is 362 Å². The fraction of sp³-hybridized carbons (Fsp3) is 0.535. The van der Waals surface area contributed by atoms with E-state index in [0.29, 0.717) is 12.8 Å². The van der Waals surface area contributed by atoms with Gasteiger partial charge in [0.05, 0.1) is 31.0 Å². The van der Waals surface area contributed by atoms with E-state index in [1.165, 1.54) is 13.8 Å². The number of nitrogens with two attached hydrogens (primary N) is 2. The predicted octanol–water partition coefficient (Wildman–Crippen LogP) is 1.83. The third-order valence-corrected chi connectivity index (χ3v) is 9.67. The number of hydrogen-bond acceptors (Lipinski definition) is 11. The second-order valence-corrected chi connectivity index (χ2v) is 15.0. The summed E-state index contributed by atoms with van der Waals surface area (Å²) < 4.78 is 10.3. The molecule has 6 atom stereocenters. The zero-order chi connectivity index (χ0) is 46.0. The Morgan fingerprint density at radius 2 is 0.887 bits per heavy atom. The van der Waals surface area contributed by atoms with Gasteiger partial charge in [0.15, 0.2) is 0 Å². The lowest BCUT2D eigenvalue weighted by Crippen LogP contribution is -2.61. The summed E-state index contributed by atoms with van der Waals surface area (Å²) in [4.78, 5) is 103. The van der Waals surface area contributed by atoms with Gasteiger partial charge in [-0.1, -0.05) is 113 Å². The summed E-state index contributed by atoms with van der Waals surface area (Å²) in [7, 11) is 0. The third-order valence-electron chi connectivity index (χ3n) is 9.67. The molecular formula is C43H64N8O11. The minimum atomic E-state index is -1.51. The van der Waals surface area contributed by atoms with E-state index in [9.17, 15) is 43.5 Å². The molecule has 0 aliphatic heterocycles. The van der Waals surface area contributed by atoms with Crippen LogP contribution >= 0.6 is 0 Å². The van der Waals surface area contributed by atoms with Gasteiger partial charge >= 0.3 is 12.2 Å². The number of carbonyl (C=O) groups excluding carboxylic acids is 8. The lowest BCUT2D eigenvalue weighted by atomic mass is 9.93. The minimum absolute atomic E-state index is 0.0552. The zero-order valence-corrected chi connectivity index (χ0v) is 36.0. The van der Waals surface area contributed by atoms with Crippen LogP contribution in [0.5, 0.6) is 0 Å².